The third-order valence-electron chi connectivity index (χ3n) is 20.3. The Balaban J connectivity index is 0.943. The van der Waals surface area contributed by atoms with E-state index in [1.54, 1.807) is 127 Å². The molecule has 1 amide bonds. The second-order valence-corrected chi connectivity index (χ2v) is 27.1. The fourth-order valence-electron chi connectivity index (χ4n) is 14.9. The van der Waals surface area contributed by atoms with Crippen LogP contribution in [0.4, 0.5) is 0 Å². The average molecular weight is 1410 g/mol. The van der Waals surface area contributed by atoms with E-state index in [-0.39, 0.29) is 54.1 Å². The minimum absolute atomic E-state index is 0.00618. The minimum Gasteiger partial charge on any atom is -0.459 e. The summed E-state index contributed by atoms with van der Waals surface area (Å²) in [5, 5.41) is 29.5. The van der Waals surface area contributed by atoms with Crippen molar-refractivity contribution >= 4 is 53.5 Å². The van der Waals surface area contributed by atoms with Gasteiger partial charge in [-0.1, -0.05) is 172 Å². The first-order valence-corrected chi connectivity index (χ1v) is 34.0. The van der Waals surface area contributed by atoms with Gasteiger partial charge in [0, 0.05) is 44.8 Å². The predicted octanol–water partition coefficient (Wildman–Crippen LogP) is 8.26. The highest BCUT2D eigenvalue weighted by Crippen LogP contribution is 2.64. The molecule has 3 aliphatic carbocycles. The number of methoxy groups -OCH3 is 1. The van der Waals surface area contributed by atoms with Gasteiger partial charge >= 0.3 is 41.8 Å². The van der Waals surface area contributed by atoms with Crippen LogP contribution < -0.4 is 5.32 Å². The number of ether oxygens (including phenoxy) is 12. The van der Waals surface area contributed by atoms with Crippen LogP contribution in [-0.2, 0) is 110 Å². The zero-order valence-electron chi connectivity index (χ0n) is 58.0. The zero-order valence-corrected chi connectivity index (χ0v) is 58.0. The number of aliphatic hydroxyl groups excluding tert-OH is 1. The van der Waals surface area contributed by atoms with Crippen molar-refractivity contribution in [2.75, 3.05) is 13.7 Å². The molecule has 2 saturated carbocycles. The number of hydrogen-bond donors (Lipinski definition) is 3. The molecule has 2 aliphatic heterocycles. The summed E-state index contributed by atoms with van der Waals surface area (Å²) in [6.45, 7) is 7.34. The van der Waals surface area contributed by atoms with E-state index in [0.717, 1.165) is 13.8 Å². The molecule has 542 valence electrons. The Hall–Kier alpha value is -9.79. The van der Waals surface area contributed by atoms with Crippen LogP contribution in [0.3, 0.4) is 0 Å². The van der Waals surface area contributed by atoms with Gasteiger partial charge < -0.3 is 72.4 Å². The minimum atomic E-state index is -2.59. The van der Waals surface area contributed by atoms with Crippen molar-refractivity contribution < 1.29 is 110 Å². The molecule has 24 heteroatoms. The average Bonchev–Trinajstić information content (AvgIpc) is 0.669. The molecule has 6 aromatic carbocycles. The van der Waals surface area contributed by atoms with E-state index in [4.69, 9.17) is 56.8 Å². The molecule has 4 fully saturated rings. The van der Waals surface area contributed by atoms with Gasteiger partial charge in [-0.25, -0.2) is 14.4 Å². The van der Waals surface area contributed by atoms with Crippen molar-refractivity contribution in [3.8, 4) is 0 Å². The summed E-state index contributed by atoms with van der Waals surface area (Å²) in [7, 11) is 1.27. The molecule has 0 aromatic heterocycles. The molecule has 16 atom stereocenters. The smallest absolute Gasteiger partial charge is 0.350 e. The molecule has 2 saturated heterocycles. The Labute approximate surface area is 595 Å². The quantitative estimate of drug-likeness (QED) is 0.0276. The molecule has 24 nitrogen and oxygen atoms in total. The summed E-state index contributed by atoms with van der Waals surface area (Å²) in [6.07, 6.45) is -20.4. The van der Waals surface area contributed by atoms with Crippen LogP contribution in [0.5, 0.6) is 0 Å². The molecule has 5 aliphatic rings. The molecular weight excluding hydrogens is 1330 g/mol. The number of esters is 7. The standard InChI is InChI=1S/C79H83NO23/c1-46-55(41-79(91)70(102-72(88)54-36-24-13-25-37-54)68-77(6,56(83)40-57-78(68,45-96-57)103-48(3)82)69(86)62(97-47(2)81)60(46)76(79,4)5)98-74(90)63(61(52-32-20-11-21-33-52)80-71(87)53-34-22-12-23-35-53)99-58(84)38-39-59(85)100-67-65(94-43-50-28-16-9-17-29-50)64(93-42-49-26-14-8-15-27-49)66(101-75(67)92-7)73(89)95-44-51-30-18-10-19-31-51/h8-37,55-57,61-68,70,75,83,91H,38-45H2,1-7H3,(H,80,87)/t55-,56-,57+,61-,62+,63+,64-,65-,66-,67+,68-,70-,75-,77+,78-,79+/m0/s1. The largest absolute Gasteiger partial charge is 0.459 e. The van der Waals surface area contributed by atoms with Crippen molar-refractivity contribution in [1.29, 1.82) is 0 Å². The number of ketones is 1. The van der Waals surface area contributed by atoms with Crippen LogP contribution in [0.25, 0.3) is 0 Å². The van der Waals surface area contributed by atoms with Crippen molar-refractivity contribution in [1.82, 2.24) is 5.32 Å². The van der Waals surface area contributed by atoms with Crippen molar-refractivity contribution in [2.45, 2.75) is 172 Å². The van der Waals surface area contributed by atoms with Gasteiger partial charge in [-0.05, 0) is 71.5 Å². The maximum atomic E-state index is 16.1. The maximum absolute atomic E-state index is 16.1. The van der Waals surface area contributed by atoms with Gasteiger partial charge in [0.05, 0.1) is 55.7 Å². The van der Waals surface area contributed by atoms with Gasteiger partial charge in [-0.2, -0.15) is 0 Å². The SMILES string of the molecule is CO[C@H]1O[C@H](C(=O)OCc2ccccc2)[C@@H](OCc2ccccc2)[C@H](OCc2ccccc2)[C@H]1OC(=O)CCC(=O)O[C@@H](C(=O)O[C@H]1C[C@@]2(O)[C@@H](OC(=O)c3ccccc3)[C@@H]3[C@]4(OC(C)=O)CO[C@@H]4C[C@H](O)[C@@]3(C)C(=O)[C@H](OC(C)=O)C(=C1C)C2(C)C)[C@@H](NC(=O)c1ccccc1)c1ccccc1. The van der Waals surface area contributed by atoms with Crippen LogP contribution in [0.2, 0.25) is 0 Å². The Morgan fingerprint density at radius 2 is 1.17 bits per heavy atom. The van der Waals surface area contributed by atoms with Crippen molar-refractivity contribution in [3.05, 3.63) is 227 Å². The summed E-state index contributed by atoms with van der Waals surface area (Å²) in [6, 6.07) is 49.0. The Bertz CT molecular complexity index is 4070. The number of amides is 1. The normalized spacial score (nSPS) is 28.1. The fraction of sp³-hybridized carbons (Fsp3) is 0.405. The summed E-state index contributed by atoms with van der Waals surface area (Å²) in [5.74, 6) is -10.7. The fourth-order valence-corrected chi connectivity index (χ4v) is 14.9. The molecule has 0 unspecified atom stereocenters. The second kappa shape index (κ2) is 31.8. The van der Waals surface area contributed by atoms with Gasteiger partial charge in [0.1, 0.15) is 48.8 Å². The number of aliphatic hydroxyl groups is 2. The van der Waals surface area contributed by atoms with E-state index < -0.39 is 181 Å². The van der Waals surface area contributed by atoms with Gasteiger partial charge in [-0.3, -0.25) is 28.8 Å². The number of hydrogen-bond acceptors (Lipinski definition) is 23. The van der Waals surface area contributed by atoms with Gasteiger partial charge in [0.15, 0.2) is 36.0 Å². The van der Waals surface area contributed by atoms with Gasteiger partial charge in [-0.15, -0.1) is 0 Å². The first-order valence-electron chi connectivity index (χ1n) is 34.0. The van der Waals surface area contributed by atoms with Gasteiger partial charge in [0.25, 0.3) is 5.91 Å². The lowest BCUT2D eigenvalue weighted by atomic mass is 9.44. The number of carbonyl (C=O) groups excluding carboxylic acids is 9. The molecule has 0 radical (unpaired) electrons. The summed E-state index contributed by atoms with van der Waals surface area (Å²) in [5.41, 5.74) is -6.18. The molecule has 103 heavy (non-hydrogen) atoms. The molecule has 0 spiro atoms. The number of carbonyl (C=O) groups is 9. The highest BCUT2D eigenvalue weighted by molar-refractivity contribution is 5.97. The predicted molar refractivity (Wildman–Crippen MR) is 363 cm³/mol. The van der Waals surface area contributed by atoms with E-state index in [9.17, 15) is 43.8 Å². The summed E-state index contributed by atoms with van der Waals surface area (Å²) in [4.78, 5) is 132. The summed E-state index contributed by atoms with van der Waals surface area (Å²) >= 11 is 0. The first kappa shape index (κ1) is 74.4. The van der Waals surface area contributed by atoms with Crippen molar-refractivity contribution in [3.63, 3.8) is 0 Å². The lowest BCUT2D eigenvalue weighted by molar-refractivity contribution is -0.346. The van der Waals surface area contributed by atoms with E-state index in [1.807, 2.05) is 30.3 Å². The summed E-state index contributed by atoms with van der Waals surface area (Å²) < 4.78 is 74.6. The third kappa shape index (κ3) is 15.6. The van der Waals surface area contributed by atoms with E-state index in [0.29, 0.717) is 16.7 Å². The number of rotatable bonds is 25. The lowest BCUT2D eigenvalue weighted by Crippen LogP contribution is -2.82. The number of benzene rings is 6. The molecule has 2 heterocycles. The molecule has 3 N–H and O–H groups in total. The number of Topliss-reactive ketones (excluding diaryl/α,β-unsaturated/α-hetero) is 1. The molecule has 2 bridgehead atoms. The third-order valence-corrected chi connectivity index (χ3v) is 20.3. The zero-order chi connectivity index (χ0) is 73.4. The Kier molecular flexibility index (Phi) is 23.0. The van der Waals surface area contributed by atoms with E-state index in [1.165, 1.54) is 59.1 Å². The monoisotopic (exact) mass is 1410 g/mol. The highest BCUT2D eigenvalue weighted by atomic mass is 16.7. The van der Waals surface area contributed by atoms with Crippen LogP contribution in [-0.4, -0.2) is 156 Å². The van der Waals surface area contributed by atoms with Gasteiger partial charge in [0.2, 0.25) is 6.10 Å². The van der Waals surface area contributed by atoms with Crippen LogP contribution in [0.15, 0.2) is 193 Å². The van der Waals surface area contributed by atoms with Crippen LogP contribution in [0.1, 0.15) is 116 Å². The second-order valence-electron chi connectivity index (χ2n) is 27.1. The lowest BCUT2D eigenvalue weighted by Gasteiger charge is -2.67. The van der Waals surface area contributed by atoms with Crippen LogP contribution in [0, 0.1) is 16.7 Å². The van der Waals surface area contributed by atoms with E-state index in [2.05, 4.69) is 5.32 Å². The van der Waals surface area contributed by atoms with Crippen molar-refractivity contribution in [2.24, 2.45) is 16.7 Å². The highest BCUT2D eigenvalue weighted by Gasteiger charge is 2.78. The first-order chi connectivity index (χ1) is 49.4. The number of nitrogens with one attached hydrogen (secondary N) is 1. The maximum Gasteiger partial charge on any atom is 0.350 e. The van der Waals surface area contributed by atoms with E-state index >= 15 is 9.59 Å². The number of fused-ring (bicyclic) bond motifs is 5. The molecular formula is C79H83NO23. The van der Waals surface area contributed by atoms with Crippen LogP contribution >= 0.6 is 0 Å². The molecule has 6 aromatic rings. The molecule has 11 rings (SSSR count). The topological polar surface area (TPSA) is 317 Å². The Morgan fingerprint density at radius 3 is 1.71 bits per heavy atom. The Morgan fingerprint density at radius 1 is 0.631 bits per heavy atom.